The first-order chi connectivity index (χ1) is 11.5. The highest BCUT2D eigenvalue weighted by Gasteiger charge is 2.12. The lowest BCUT2D eigenvalue weighted by Crippen LogP contribution is -2.22. The van der Waals surface area contributed by atoms with E-state index in [1.165, 1.54) is 19.2 Å². The van der Waals surface area contributed by atoms with E-state index in [9.17, 15) is 14.0 Å². The lowest BCUT2D eigenvalue weighted by atomic mass is 10.1. The number of carbonyl (C=O) groups excluding carboxylic acids is 2. The first kappa shape index (κ1) is 17.7. The van der Waals surface area contributed by atoms with Crippen molar-refractivity contribution in [2.24, 2.45) is 0 Å². The molecule has 0 fully saturated rings. The molecular formula is C17H16ClFN2O3. The molecule has 0 unspecified atom stereocenters. The van der Waals surface area contributed by atoms with Gasteiger partial charge >= 0.3 is 0 Å². The Balaban J connectivity index is 1.91. The minimum absolute atomic E-state index is 0.0514. The molecule has 7 heteroatoms. The van der Waals surface area contributed by atoms with E-state index in [-0.39, 0.29) is 29.9 Å². The topological polar surface area (TPSA) is 67.4 Å². The van der Waals surface area contributed by atoms with E-state index >= 15 is 0 Å². The van der Waals surface area contributed by atoms with Gasteiger partial charge in [-0.25, -0.2) is 4.39 Å². The third kappa shape index (κ3) is 4.70. The van der Waals surface area contributed by atoms with Crippen LogP contribution in [0.3, 0.4) is 0 Å². The lowest BCUT2D eigenvalue weighted by molar-refractivity contribution is -0.116. The zero-order chi connectivity index (χ0) is 17.5. The van der Waals surface area contributed by atoms with E-state index in [0.717, 1.165) is 6.07 Å². The summed E-state index contributed by atoms with van der Waals surface area (Å²) in [6.45, 7) is 0.0688. The molecule has 0 heterocycles. The Hall–Kier alpha value is -2.60. The average molecular weight is 351 g/mol. The summed E-state index contributed by atoms with van der Waals surface area (Å²) in [5.74, 6) is -0.766. The molecule has 2 aromatic carbocycles. The fourth-order valence-electron chi connectivity index (χ4n) is 1.98. The predicted octanol–water partition coefficient (Wildman–Crippen LogP) is 3.25. The van der Waals surface area contributed by atoms with Gasteiger partial charge in [0.1, 0.15) is 11.6 Å². The van der Waals surface area contributed by atoms with E-state index < -0.39 is 5.82 Å². The summed E-state index contributed by atoms with van der Waals surface area (Å²) in [4.78, 5) is 23.7. The van der Waals surface area contributed by atoms with E-state index in [4.69, 9.17) is 16.3 Å². The van der Waals surface area contributed by atoms with Gasteiger partial charge in [-0.15, -0.1) is 0 Å². The van der Waals surface area contributed by atoms with Gasteiger partial charge in [-0.2, -0.15) is 0 Å². The van der Waals surface area contributed by atoms with Crippen molar-refractivity contribution < 1.29 is 18.7 Å². The molecular weight excluding hydrogens is 335 g/mol. The monoisotopic (exact) mass is 350 g/mol. The first-order valence-electron chi connectivity index (χ1n) is 7.20. The number of carbonyl (C=O) groups is 2. The van der Waals surface area contributed by atoms with Gasteiger partial charge < -0.3 is 15.4 Å². The van der Waals surface area contributed by atoms with E-state index in [2.05, 4.69) is 10.6 Å². The number of benzene rings is 2. The molecule has 0 saturated carbocycles. The smallest absolute Gasteiger partial charge is 0.253 e. The van der Waals surface area contributed by atoms with Crippen LogP contribution < -0.4 is 15.4 Å². The van der Waals surface area contributed by atoms with Gasteiger partial charge in [0.25, 0.3) is 5.91 Å². The number of anilines is 1. The highest BCUT2D eigenvalue weighted by Crippen LogP contribution is 2.25. The summed E-state index contributed by atoms with van der Waals surface area (Å²) >= 11 is 5.84. The Morgan fingerprint density at radius 1 is 1.21 bits per heavy atom. The molecule has 0 bridgehead atoms. The Bertz CT molecular complexity index is 752. The molecule has 0 atom stereocenters. The third-order valence-corrected chi connectivity index (χ3v) is 3.45. The van der Waals surface area contributed by atoms with Crippen LogP contribution in [0.4, 0.5) is 10.1 Å². The summed E-state index contributed by atoms with van der Waals surface area (Å²) in [5.41, 5.74) is 0.789. The second-order valence-corrected chi connectivity index (χ2v) is 5.25. The molecule has 2 amide bonds. The SMILES string of the molecule is CNC(=O)c1ccccc1NC(=O)CCOc1ccc(F)cc1Cl. The molecule has 2 N–H and O–H groups in total. The maximum Gasteiger partial charge on any atom is 0.253 e. The van der Waals surface area contributed by atoms with Crippen LogP contribution in [0.15, 0.2) is 42.5 Å². The van der Waals surface area contributed by atoms with Crippen LogP contribution in [0.5, 0.6) is 5.75 Å². The number of nitrogens with one attached hydrogen (secondary N) is 2. The van der Waals surface area contributed by atoms with Crippen molar-refractivity contribution in [2.75, 3.05) is 19.0 Å². The van der Waals surface area contributed by atoms with Gasteiger partial charge in [-0.05, 0) is 30.3 Å². The molecule has 0 aliphatic heterocycles. The first-order valence-corrected chi connectivity index (χ1v) is 7.58. The van der Waals surface area contributed by atoms with Crippen molar-refractivity contribution in [1.82, 2.24) is 5.32 Å². The molecule has 5 nitrogen and oxygen atoms in total. The van der Waals surface area contributed by atoms with Gasteiger partial charge in [0.15, 0.2) is 0 Å². The van der Waals surface area contributed by atoms with Crippen molar-refractivity contribution in [3.63, 3.8) is 0 Å². The zero-order valence-electron chi connectivity index (χ0n) is 12.9. The molecule has 0 aromatic heterocycles. The van der Waals surface area contributed by atoms with Crippen LogP contribution in [0, 0.1) is 5.82 Å². The standard InChI is InChI=1S/C17H16ClFN2O3/c1-20-17(23)12-4-2-3-5-14(12)21-16(22)8-9-24-15-7-6-11(19)10-13(15)18/h2-7,10H,8-9H2,1H3,(H,20,23)(H,21,22). The number of para-hydroxylation sites is 1. The van der Waals surface area contributed by atoms with Gasteiger partial charge in [-0.3, -0.25) is 9.59 Å². The molecule has 0 radical (unpaired) electrons. The van der Waals surface area contributed by atoms with Crippen LogP contribution >= 0.6 is 11.6 Å². The second-order valence-electron chi connectivity index (χ2n) is 4.85. The summed E-state index contributed by atoms with van der Waals surface area (Å²) in [5, 5.41) is 5.31. The van der Waals surface area contributed by atoms with Crippen LogP contribution in [-0.4, -0.2) is 25.5 Å². The zero-order valence-corrected chi connectivity index (χ0v) is 13.7. The molecule has 2 aromatic rings. The van der Waals surface area contributed by atoms with E-state index in [1.54, 1.807) is 24.3 Å². The number of hydrogen-bond acceptors (Lipinski definition) is 3. The van der Waals surface area contributed by atoms with Crippen LogP contribution in [-0.2, 0) is 4.79 Å². The Labute approximate surface area is 143 Å². The number of amides is 2. The molecule has 0 spiro atoms. The van der Waals surface area contributed by atoms with Crippen LogP contribution in [0.2, 0.25) is 5.02 Å². The third-order valence-electron chi connectivity index (χ3n) is 3.15. The van der Waals surface area contributed by atoms with Gasteiger partial charge in [0.05, 0.1) is 29.3 Å². The maximum atomic E-state index is 12.9. The lowest BCUT2D eigenvalue weighted by Gasteiger charge is -2.11. The van der Waals surface area contributed by atoms with Gasteiger partial charge in [-0.1, -0.05) is 23.7 Å². The second kappa shape index (κ2) is 8.31. The van der Waals surface area contributed by atoms with Crippen molar-refractivity contribution in [1.29, 1.82) is 0 Å². The van der Waals surface area contributed by atoms with Crippen molar-refractivity contribution in [2.45, 2.75) is 6.42 Å². The number of ether oxygens (including phenoxy) is 1. The Morgan fingerprint density at radius 2 is 1.96 bits per heavy atom. The normalized spacial score (nSPS) is 10.1. The highest BCUT2D eigenvalue weighted by molar-refractivity contribution is 6.32. The van der Waals surface area contributed by atoms with E-state index in [0.29, 0.717) is 17.0 Å². The number of halogens is 2. The summed E-state index contributed by atoms with van der Waals surface area (Å²) in [6.07, 6.45) is 0.0514. The minimum atomic E-state index is -0.462. The summed E-state index contributed by atoms with van der Waals surface area (Å²) in [6, 6.07) is 10.4. The molecule has 0 saturated heterocycles. The van der Waals surface area contributed by atoms with Crippen molar-refractivity contribution >= 4 is 29.1 Å². The fourth-order valence-corrected chi connectivity index (χ4v) is 2.21. The maximum absolute atomic E-state index is 12.9. The quantitative estimate of drug-likeness (QED) is 0.840. The van der Waals surface area contributed by atoms with Crippen molar-refractivity contribution in [3.05, 3.63) is 58.9 Å². The Kier molecular flexibility index (Phi) is 6.14. The van der Waals surface area contributed by atoms with Crippen LogP contribution in [0.25, 0.3) is 0 Å². The fraction of sp³-hybridized carbons (Fsp3) is 0.176. The number of hydrogen-bond donors (Lipinski definition) is 2. The minimum Gasteiger partial charge on any atom is -0.491 e. The molecule has 2 rings (SSSR count). The molecule has 24 heavy (non-hydrogen) atoms. The summed E-state index contributed by atoms with van der Waals surface area (Å²) < 4.78 is 18.3. The van der Waals surface area contributed by atoms with E-state index in [1.807, 2.05) is 0 Å². The highest BCUT2D eigenvalue weighted by atomic mass is 35.5. The van der Waals surface area contributed by atoms with Crippen molar-refractivity contribution in [3.8, 4) is 5.75 Å². The Morgan fingerprint density at radius 3 is 2.67 bits per heavy atom. The molecule has 126 valence electrons. The van der Waals surface area contributed by atoms with Gasteiger partial charge in [0.2, 0.25) is 5.91 Å². The number of rotatable bonds is 6. The molecule has 0 aliphatic carbocycles. The molecule has 0 aliphatic rings. The average Bonchev–Trinajstić information content (AvgIpc) is 2.56. The predicted molar refractivity (Wildman–Crippen MR) is 90.0 cm³/mol. The van der Waals surface area contributed by atoms with Crippen LogP contribution in [0.1, 0.15) is 16.8 Å². The largest absolute Gasteiger partial charge is 0.491 e. The summed E-state index contributed by atoms with van der Waals surface area (Å²) in [7, 11) is 1.52. The van der Waals surface area contributed by atoms with Gasteiger partial charge in [0, 0.05) is 7.05 Å².